The molecule has 0 bridgehead atoms. The van der Waals surface area contributed by atoms with Crippen LogP contribution in [0.5, 0.6) is 11.5 Å². The van der Waals surface area contributed by atoms with Gasteiger partial charge in [0.15, 0.2) is 11.7 Å². The number of nitrogens with zero attached hydrogens (tertiary/aromatic N) is 2. The maximum absolute atomic E-state index is 12.6. The topological polar surface area (TPSA) is 97.8 Å². The van der Waals surface area contributed by atoms with Crippen molar-refractivity contribution in [2.75, 3.05) is 29.9 Å². The molecule has 156 valence electrons. The van der Waals surface area contributed by atoms with E-state index in [1.54, 1.807) is 36.7 Å². The highest BCUT2D eigenvalue weighted by molar-refractivity contribution is 7.93. The van der Waals surface area contributed by atoms with Crippen molar-refractivity contribution in [2.45, 2.75) is 11.8 Å². The molecule has 2 heterocycles. The molecule has 0 radical (unpaired) electrons. The van der Waals surface area contributed by atoms with Crippen LogP contribution in [0.3, 0.4) is 0 Å². The molecule has 10 heteroatoms. The van der Waals surface area contributed by atoms with Crippen LogP contribution in [0.4, 0.5) is 10.8 Å². The number of rotatable bonds is 6. The Labute approximate surface area is 178 Å². The number of amides is 1. The number of likely N-dealkylation sites (N-methyl/N-ethyl adjacent to an activating group) is 1. The number of anilines is 2. The average Bonchev–Trinajstić information content (AvgIpc) is 3.19. The van der Waals surface area contributed by atoms with Gasteiger partial charge in [-0.25, -0.2) is 13.4 Å². The minimum atomic E-state index is -3.77. The summed E-state index contributed by atoms with van der Waals surface area (Å²) in [7, 11) is -2.09. The van der Waals surface area contributed by atoms with Crippen LogP contribution in [-0.2, 0) is 14.8 Å². The molecule has 0 spiro atoms. The first kappa shape index (κ1) is 20.2. The summed E-state index contributed by atoms with van der Waals surface area (Å²) in [4.78, 5) is 17.9. The van der Waals surface area contributed by atoms with E-state index in [0.717, 1.165) is 5.56 Å². The third-order valence-corrected chi connectivity index (χ3v) is 6.75. The van der Waals surface area contributed by atoms with E-state index in [1.807, 2.05) is 13.0 Å². The lowest BCUT2D eigenvalue weighted by molar-refractivity contribution is -0.120. The molecule has 0 unspecified atom stereocenters. The van der Waals surface area contributed by atoms with Gasteiger partial charge in [-0.05, 0) is 49.4 Å². The minimum absolute atomic E-state index is 0.0109. The number of carbonyl (C=O) groups is 1. The third-order valence-electron chi connectivity index (χ3n) is 4.51. The molecule has 0 fully saturated rings. The molecule has 1 aromatic heterocycles. The van der Waals surface area contributed by atoms with Crippen LogP contribution in [0.15, 0.2) is 52.7 Å². The van der Waals surface area contributed by atoms with Crippen molar-refractivity contribution in [2.24, 2.45) is 0 Å². The molecule has 0 saturated carbocycles. The molecular weight excluding hydrogens is 426 g/mol. The van der Waals surface area contributed by atoms with Crippen LogP contribution in [-0.4, -0.2) is 39.6 Å². The largest absolute Gasteiger partial charge is 0.494 e. The van der Waals surface area contributed by atoms with Crippen molar-refractivity contribution in [1.29, 1.82) is 0 Å². The van der Waals surface area contributed by atoms with Crippen molar-refractivity contribution in [3.63, 3.8) is 0 Å². The predicted molar refractivity (Wildman–Crippen MR) is 115 cm³/mol. The van der Waals surface area contributed by atoms with Crippen LogP contribution in [0.25, 0.3) is 11.3 Å². The zero-order valence-electron chi connectivity index (χ0n) is 16.3. The number of hydrogen-bond acceptors (Lipinski definition) is 7. The molecule has 3 aromatic rings. The maximum Gasteiger partial charge on any atom is 0.264 e. The molecular formula is C20H19N3O5S2. The van der Waals surface area contributed by atoms with Crippen molar-refractivity contribution in [3.8, 4) is 22.8 Å². The highest BCUT2D eigenvalue weighted by atomic mass is 32.2. The molecule has 0 atom stereocenters. The van der Waals surface area contributed by atoms with Gasteiger partial charge in [0.25, 0.3) is 15.9 Å². The lowest BCUT2D eigenvalue weighted by Gasteiger charge is -2.26. The van der Waals surface area contributed by atoms with Crippen LogP contribution in [0.2, 0.25) is 0 Å². The zero-order valence-corrected chi connectivity index (χ0v) is 17.9. The monoisotopic (exact) mass is 445 g/mol. The van der Waals surface area contributed by atoms with Crippen molar-refractivity contribution >= 4 is 38.1 Å². The first-order chi connectivity index (χ1) is 14.4. The Morgan fingerprint density at radius 3 is 2.73 bits per heavy atom. The van der Waals surface area contributed by atoms with Gasteiger partial charge >= 0.3 is 0 Å². The summed E-state index contributed by atoms with van der Waals surface area (Å²) in [6, 6.07) is 11.6. The fraction of sp³-hybridized carbons (Fsp3) is 0.200. The number of sulfonamides is 1. The van der Waals surface area contributed by atoms with E-state index in [9.17, 15) is 13.2 Å². The van der Waals surface area contributed by atoms with Gasteiger partial charge in [-0.1, -0.05) is 0 Å². The number of benzene rings is 2. The van der Waals surface area contributed by atoms with Gasteiger partial charge in [0.05, 0.1) is 22.9 Å². The molecule has 2 aromatic carbocycles. The second-order valence-electron chi connectivity index (χ2n) is 6.47. The van der Waals surface area contributed by atoms with Gasteiger partial charge in [-0.3, -0.25) is 9.52 Å². The molecule has 30 heavy (non-hydrogen) atoms. The van der Waals surface area contributed by atoms with Crippen molar-refractivity contribution < 1.29 is 22.7 Å². The molecule has 1 aliphatic rings. The molecule has 0 saturated heterocycles. The zero-order chi connectivity index (χ0) is 21.3. The Morgan fingerprint density at radius 1 is 1.23 bits per heavy atom. The number of ether oxygens (including phenoxy) is 2. The highest BCUT2D eigenvalue weighted by Gasteiger charge is 2.23. The van der Waals surface area contributed by atoms with E-state index < -0.39 is 10.0 Å². The van der Waals surface area contributed by atoms with E-state index in [-0.39, 0.29) is 22.5 Å². The van der Waals surface area contributed by atoms with E-state index in [4.69, 9.17) is 9.47 Å². The number of fused-ring (bicyclic) bond motifs is 1. The lowest BCUT2D eigenvalue weighted by Crippen LogP contribution is -2.35. The molecule has 8 nitrogen and oxygen atoms in total. The molecule has 4 rings (SSSR count). The SMILES string of the molecule is CCOc1ccc(S(=O)(=O)Nc2nc(-c3ccc4c(c3)N(C)C(=O)CO4)cs2)cc1. The highest BCUT2D eigenvalue weighted by Crippen LogP contribution is 2.36. The quantitative estimate of drug-likeness (QED) is 0.625. The van der Waals surface area contributed by atoms with Crippen LogP contribution >= 0.6 is 11.3 Å². The van der Waals surface area contributed by atoms with E-state index in [2.05, 4.69) is 9.71 Å². The summed E-state index contributed by atoms with van der Waals surface area (Å²) >= 11 is 1.18. The second-order valence-corrected chi connectivity index (χ2v) is 9.01. The summed E-state index contributed by atoms with van der Waals surface area (Å²) in [5.41, 5.74) is 1.99. The summed E-state index contributed by atoms with van der Waals surface area (Å²) in [6.45, 7) is 2.37. The smallest absolute Gasteiger partial charge is 0.264 e. The minimum Gasteiger partial charge on any atom is -0.494 e. The summed E-state index contributed by atoms with van der Waals surface area (Å²) in [5.74, 6) is 1.09. The van der Waals surface area contributed by atoms with Crippen LogP contribution in [0.1, 0.15) is 6.92 Å². The normalized spacial score (nSPS) is 13.5. The summed E-state index contributed by atoms with van der Waals surface area (Å²) in [5, 5.41) is 2.00. The van der Waals surface area contributed by atoms with E-state index in [1.165, 1.54) is 28.4 Å². The Bertz CT molecular complexity index is 1190. The van der Waals surface area contributed by atoms with E-state index >= 15 is 0 Å². The van der Waals surface area contributed by atoms with Gasteiger partial charge in [0.2, 0.25) is 0 Å². The van der Waals surface area contributed by atoms with Gasteiger partial charge in [-0.2, -0.15) is 0 Å². The Balaban J connectivity index is 1.55. The van der Waals surface area contributed by atoms with Gasteiger partial charge in [0.1, 0.15) is 11.5 Å². The first-order valence-corrected chi connectivity index (χ1v) is 11.5. The second kappa shape index (κ2) is 7.96. The van der Waals surface area contributed by atoms with Crippen LogP contribution in [0, 0.1) is 0 Å². The Hall–Kier alpha value is -3.11. The molecule has 1 aliphatic heterocycles. The number of nitrogens with one attached hydrogen (secondary N) is 1. The summed E-state index contributed by atoms with van der Waals surface area (Å²) in [6.07, 6.45) is 0. The Kier molecular flexibility index (Phi) is 5.35. The lowest BCUT2D eigenvalue weighted by atomic mass is 10.1. The number of thiazole rings is 1. The average molecular weight is 446 g/mol. The third kappa shape index (κ3) is 3.96. The van der Waals surface area contributed by atoms with Gasteiger partial charge < -0.3 is 14.4 Å². The molecule has 1 N–H and O–H groups in total. The Morgan fingerprint density at radius 2 is 2.00 bits per heavy atom. The fourth-order valence-corrected chi connectivity index (χ4v) is 4.91. The first-order valence-electron chi connectivity index (χ1n) is 9.12. The number of hydrogen-bond donors (Lipinski definition) is 1. The maximum atomic E-state index is 12.6. The predicted octanol–water partition coefficient (Wildman–Crippen LogP) is 3.36. The van der Waals surface area contributed by atoms with Crippen molar-refractivity contribution in [3.05, 3.63) is 47.8 Å². The fourth-order valence-electron chi connectivity index (χ4n) is 2.94. The van der Waals surface area contributed by atoms with Gasteiger partial charge in [-0.15, -0.1) is 11.3 Å². The van der Waals surface area contributed by atoms with Gasteiger partial charge in [0, 0.05) is 18.0 Å². The standard InChI is InChI=1S/C20H19N3O5S2/c1-3-27-14-5-7-15(8-6-14)30(25,26)22-20-21-16(12-29-20)13-4-9-18-17(10-13)23(2)19(24)11-28-18/h4-10,12H,3,11H2,1-2H3,(H,21,22). The number of aromatic nitrogens is 1. The van der Waals surface area contributed by atoms with Crippen LogP contribution < -0.4 is 19.1 Å². The molecule has 0 aliphatic carbocycles. The van der Waals surface area contributed by atoms with Crippen molar-refractivity contribution in [1.82, 2.24) is 4.98 Å². The molecule has 1 amide bonds. The van der Waals surface area contributed by atoms with E-state index in [0.29, 0.717) is 29.5 Å². The summed E-state index contributed by atoms with van der Waals surface area (Å²) < 4.78 is 38.6. The number of carbonyl (C=O) groups excluding carboxylic acids is 1.